The van der Waals surface area contributed by atoms with E-state index in [9.17, 15) is 4.79 Å². The second kappa shape index (κ2) is 5.01. The number of aromatic nitrogens is 2. The molecule has 2 aromatic rings. The van der Waals surface area contributed by atoms with Gasteiger partial charge < -0.3 is 10.5 Å². The lowest BCUT2D eigenvalue weighted by molar-refractivity contribution is -0.156. The van der Waals surface area contributed by atoms with Crippen LogP contribution in [0.1, 0.15) is 26.5 Å². The number of H-pyrrole nitrogens is 1. The number of hydrogen-bond donors (Lipinski definition) is 2. The van der Waals surface area contributed by atoms with E-state index < -0.39 is 17.6 Å². The Bertz CT molecular complexity index is 584. The fourth-order valence-electron chi connectivity index (χ4n) is 1.85. The molecule has 0 bridgehead atoms. The van der Waals surface area contributed by atoms with Gasteiger partial charge in [0.1, 0.15) is 11.6 Å². The fourth-order valence-corrected chi connectivity index (χ4v) is 1.85. The molecule has 0 aliphatic heterocycles. The summed E-state index contributed by atoms with van der Waals surface area (Å²) in [7, 11) is 0. The summed E-state index contributed by atoms with van der Waals surface area (Å²) in [6.07, 6.45) is 0.384. The summed E-state index contributed by atoms with van der Waals surface area (Å²) in [5.74, 6) is -0.397. The average Bonchev–Trinajstić information content (AvgIpc) is 2.70. The summed E-state index contributed by atoms with van der Waals surface area (Å²) < 4.78 is 5.26. The number of aromatic amines is 1. The van der Waals surface area contributed by atoms with Gasteiger partial charge in [0.15, 0.2) is 0 Å². The smallest absolute Gasteiger partial charge is 0.323 e. The number of nitrogens with one attached hydrogen (secondary N) is 1. The molecule has 2 rings (SSSR count). The van der Waals surface area contributed by atoms with Crippen molar-refractivity contribution in [3.63, 3.8) is 0 Å². The normalized spacial score (nSPS) is 13.5. The van der Waals surface area contributed by atoms with E-state index in [1.165, 1.54) is 0 Å². The molecule has 0 amide bonds. The van der Waals surface area contributed by atoms with Crippen LogP contribution in [0.5, 0.6) is 0 Å². The lowest BCUT2D eigenvalue weighted by Gasteiger charge is -2.21. The summed E-state index contributed by atoms with van der Waals surface area (Å²) in [6.45, 7) is 5.47. The zero-order valence-electron chi connectivity index (χ0n) is 11.4. The molecule has 0 radical (unpaired) electrons. The second-order valence-electron chi connectivity index (χ2n) is 5.56. The lowest BCUT2D eigenvalue weighted by atomic mass is 10.1. The summed E-state index contributed by atoms with van der Waals surface area (Å²) in [4.78, 5) is 11.8. The van der Waals surface area contributed by atoms with E-state index in [0.29, 0.717) is 6.42 Å². The molecule has 102 valence electrons. The molecule has 0 unspecified atom stereocenters. The SMILES string of the molecule is CC(C)(C)OC(=O)[C@@H](N)Cc1[nH]nc2ccccc12. The van der Waals surface area contributed by atoms with Crippen molar-refractivity contribution in [1.29, 1.82) is 0 Å². The maximum absolute atomic E-state index is 11.8. The van der Waals surface area contributed by atoms with Crippen LogP contribution in [-0.4, -0.2) is 27.8 Å². The number of para-hydroxylation sites is 1. The van der Waals surface area contributed by atoms with E-state index in [4.69, 9.17) is 10.5 Å². The monoisotopic (exact) mass is 261 g/mol. The predicted molar refractivity (Wildman–Crippen MR) is 73.6 cm³/mol. The van der Waals surface area contributed by atoms with Crippen molar-refractivity contribution in [3.8, 4) is 0 Å². The van der Waals surface area contributed by atoms with Crippen LogP contribution in [0, 0.1) is 0 Å². The van der Waals surface area contributed by atoms with E-state index >= 15 is 0 Å². The minimum Gasteiger partial charge on any atom is -0.459 e. The number of rotatable bonds is 3. The summed E-state index contributed by atoms with van der Waals surface area (Å²) in [5.41, 5.74) is 7.09. The van der Waals surface area contributed by atoms with Gasteiger partial charge in [0.25, 0.3) is 0 Å². The van der Waals surface area contributed by atoms with Crippen LogP contribution in [0.25, 0.3) is 10.9 Å². The molecule has 0 saturated carbocycles. The average molecular weight is 261 g/mol. The molecular weight excluding hydrogens is 242 g/mol. The molecule has 3 N–H and O–H groups in total. The molecule has 5 nitrogen and oxygen atoms in total. The van der Waals surface area contributed by atoms with Crippen LogP contribution in [-0.2, 0) is 16.0 Å². The van der Waals surface area contributed by atoms with Gasteiger partial charge in [0.05, 0.1) is 5.52 Å². The molecule has 1 heterocycles. The Hall–Kier alpha value is -1.88. The van der Waals surface area contributed by atoms with Gasteiger partial charge in [-0.1, -0.05) is 18.2 Å². The Morgan fingerprint density at radius 1 is 1.42 bits per heavy atom. The minimum atomic E-state index is -0.692. The first-order chi connectivity index (χ1) is 8.87. The van der Waals surface area contributed by atoms with Gasteiger partial charge in [-0.05, 0) is 26.8 Å². The first kappa shape index (κ1) is 13.5. The standard InChI is InChI=1S/C14H19N3O2/c1-14(2,3)19-13(18)10(15)8-12-9-6-4-5-7-11(9)16-17-12/h4-7,10H,8,15H2,1-3H3,(H,16,17)/t10-/m0/s1. The minimum absolute atomic E-state index is 0.384. The summed E-state index contributed by atoms with van der Waals surface area (Å²) in [5, 5.41) is 8.09. The number of esters is 1. The van der Waals surface area contributed by atoms with Gasteiger partial charge in [0, 0.05) is 17.5 Å². The Labute approximate surface area is 112 Å². The lowest BCUT2D eigenvalue weighted by Crippen LogP contribution is -2.38. The first-order valence-corrected chi connectivity index (χ1v) is 6.27. The van der Waals surface area contributed by atoms with Crippen molar-refractivity contribution < 1.29 is 9.53 Å². The third-order valence-electron chi connectivity index (χ3n) is 2.67. The molecule has 1 atom stereocenters. The predicted octanol–water partition coefficient (Wildman–Crippen LogP) is 1.77. The van der Waals surface area contributed by atoms with Crippen LogP contribution in [0.2, 0.25) is 0 Å². The Kier molecular flexibility index (Phi) is 3.57. The van der Waals surface area contributed by atoms with Crippen LogP contribution >= 0.6 is 0 Å². The van der Waals surface area contributed by atoms with E-state index in [1.54, 1.807) is 0 Å². The quantitative estimate of drug-likeness (QED) is 0.825. The molecule has 0 aliphatic rings. The Balaban J connectivity index is 2.10. The van der Waals surface area contributed by atoms with Crippen LogP contribution in [0.4, 0.5) is 0 Å². The molecule has 0 fully saturated rings. The molecule has 5 heteroatoms. The van der Waals surface area contributed by atoms with Gasteiger partial charge in [0.2, 0.25) is 0 Å². The van der Waals surface area contributed by atoms with Gasteiger partial charge in [-0.15, -0.1) is 0 Å². The van der Waals surface area contributed by atoms with Crippen molar-refractivity contribution in [2.45, 2.75) is 38.8 Å². The Morgan fingerprint density at radius 3 is 2.79 bits per heavy atom. The highest BCUT2D eigenvalue weighted by molar-refractivity contribution is 5.82. The summed E-state index contributed by atoms with van der Waals surface area (Å²) >= 11 is 0. The maximum Gasteiger partial charge on any atom is 0.323 e. The molecule has 19 heavy (non-hydrogen) atoms. The van der Waals surface area contributed by atoms with E-state index in [0.717, 1.165) is 16.6 Å². The van der Waals surface area contributed by atoms with Crippen LogP contribution < -0.4 is 5.73 Å². The zero-order chi connectivity index (χ0) is 14.0. The number of carbonyl (C=O) groups excluding carboxylic acids is 1. The number of benzene rings is 1. The number of fused-ring (bicyclic) bond motifs is 1. The van der Waals surface area contributed by atoms with Crippen molar-refractivity contribution >= 4 is 16.9 Å². The van der Waals surface area contributed by atoms with E-state index in [2.05, 4.69) is 10.2 Å². The van der Waals surface area contributed by atoms with Gasteiger partial charge in [-0.3, -0.25) is 9.89 Å². The topological polar surface area (TPSA) is 81.0 Å². The number of nitrogens with zero attached hydrogens (tertiary/aromatic N) is 1. The van der Waals surface area contributed by atoms with Gasteiger partial charge in [-0.2, -0.15) is 5.10 Å². The molecular formula is C14H19N3O2. The van der Waals surface area contributed by atoms with Gasteiger partial charge >= 0.3 is 5.97 Å². The highest BCUT2D eigenvalue weighted by atomic mass is 16.6. The Morgan fingerprint density at radius 2 is 2.11 bits per heavy atom. The molecule has 1 aromatic carbocycles. The molecule has 1 aromatic heterocycles. The van der Waals surface area contributed by atoms with Crippen molar-refractivity contribution in [3.05, 3.63) is 30.0 Å². The second-order valence-corrected chi connectivity index (χ2v) is 5.56. The van der Waals surface area contributed by atoms with Crippen LogP contribution in [0.15, 0.2) is 24.3 Å². The van der Waals surface area contributed by atoms with Crippen molar-refractivity contribution in [2.24, 2.45) is 5.73 Å². The van der Waals surface area contributed by atoms with Crippen molar-refractivity contribution in [1.82, 2.24) is 10.2 Å². The fraction of sp³-hybridized carbons (Fsp3) is 0.429. The van der Waals surface area contributed by atoms with E-state index in [1.807, 2.05) is 45.0 Å². The number of nitrogens with two attached hydrogens (primary N) is 1. The first-order valence-electron chi connectivity index (χ1n) is 6.27. The molecule has 0 saturated heterocycles. The number of carbonyl (C=O) groups is 1. The zero-order valence-corrected chi connectivity index (χ0v) is 11.4. The molecule has 0 aliphatic carbocycles. The third-order valence-corrected chi connectivity index (χ3v) is 2.67. The molecule has 0 spiro atoms. The van der Waals surface area contributed by atoms with Crippen LogP contribution in [0.3, 0.4) is 0 Å². The summed E-state index contributed by atoms with van der Waals surface area (Å²) in [6, 6.07) is 7.02. The largest absolute Gasteiger partial charge is 0.459 e. The highest BCUT2D eigenvalue weighted by Crippen LogP contribution is 2.17. The van der Waals surface area contributed by atoms with Gasteiger partial charge in [-0.25, -0.2) is 0 Å². The maximum atomic E-state index is 11.8. The van der Waals surface area contributed by atoms with E-state index in [-0.39, 0.29) is 0 Å². The van der Waals surface area contributed by atoms with Crippen molar-refractivity contribution in [2.75, 3.05) is 0 Å². The number of hydrogen-bond acceptors (Lipinski definition) is 4. The highest BCUT2D eigenvalue weighted by Gasteiger charge is 2.23. The number of ether oxygens (including phenoxy) is 1. The third kappa shape index (κ3) is 3.32.